The number of hydrogen-bond donors (Lipinski definition) is 0. The molecule has 0 spiro atoms. The Kier molecular flexibility index (Phi) is 3.80. The normalized spacial score (nSPS) is 15.0. The highest BCUT2D eigenvalue weighted by Crippen LogP contribution is 2.31. The molecule has 18 heavy (non-hydrogen) atoms. The van der Waals surface area contributed by atoms with E-state index in [1.165, 1.54) is 18.1 Å². The molecule has 3 heteroatoms. The number of fused-ring (bicyclic) bond motifs is 1. The maximum atomic E-state index is 11.9. The molecule has 0 fully saturated rings. The highest BCUT2D eigenvalue weighted by molar-refractivity contribution is 6.03. The number of hydrogen-bond acceptors (Lipinski definition) is 3. The Hall–Kier alpha value is -1.64. The molecule has 0 radical (unpaired) electrons. The van der Waals surface area contributed by atoms with Gasteiger partial charge in [0, 0.05) is 0 Å². The van der Waals surface area contributed by atoms with Crippen molar-refractivity contribution in [3.63, 3.8) is 0 Å². The zero-order chi connectivity index (χ0) is 13.1. The van der Waals surface area contributed by atoms with Crippen molar-refractivity contribution in [3.05, 3.63) is 34.9 Å². The molecule has 1 aliphatic carbocycles. The average Bonchev–Trinajstić information content (AvgIpc) is 2.78. The first kappa shape index (κ1) is 12.8. The van der Waals surface area contributed by atoms with Gasteiger partial charge in [0.25, 0.3) is 0 Å². The molecule has 0 aromatic heterocycles. The molecule has 0 saturated heterocycles. The first-order valence-electron chi connectivity index (χ1n) is 6.43. The fourth-order valence-electron chi connectivity index (χ4n) is 2.66. The van der Waals surface area contributed by atoms with Crippen LogP contribution in [0.25, 0.3) is 0 Å². The van der Waals surface area contributed by atoms with Gasteiger partial charge in [0.2, 0.25) is 0 Å². The standard InChI is InChI=1S/C15H18O3/c1-3-18-15(17)14(10(2)16)13-9-5-7-11-6-4-8-12(11)13/h5,7,9,14H,3-4,6,8H2,1-2H3. The fraction of sp³-hybridized carbons (Fsp3) is 0.467. The van der Waals surface area contributed by atoms with Crippen molar-refractivity contribution in [2.75, 3.05) is 6.61 Å². The molecule has 2 rings (SSSR count). The maximum absolute atomic E-state index is 11.9. The Morgan fingerprint density at radius 1 is 1.33 bits per heavy atom. The number of ketones is 1. The van der Waals surface area contributed by atoms with E-state index in [0.717, 1.165) is 24.8 Å². The Balaban J connectivity index is 2.41. The van der Waals surface area contributed by atoms with Crippen LogP contribution < -0.4 is 0 Å². The predicted molar refractivity (Wildman–Crippen MR) is 68.5 cm³/mol. The number of Topliss-reactive ketones (excluding diaryl/α,β-unsaturated/α-hetero) is 1. The quantitative estimate of drug-likeness (QED) is 0.605. The number of carbonyl (C=O) groups excluding carboxylic acids is 2. The summed E-state index contributed by atoms with van der Waals surface area (Å²) in [6.07, 6.45) is 3.09. The van der Waals surface area contributed by atoms with E-state index in [1.807, 2.05) is 12.1 Å². The lowest BCUT2D eigenvalue weighted by atomic mass is 9.89. The van der Waals surface area contributed by atoms with E-state index in [-0.39, 0.29) is 5.78 Å². The second-order valence-electron chi connectivity index (χ2n) is 4.63. The van der Waals surface area contributed by atoms with Gasteiger partial charge in [-0.1, -0.05) is 18.2 Å². The average molecular weight is 246 g/mol. The minimum absolute atomic E-state index is 0.145. The highest BCUT2D eigenvalue weighted by Gasteiger charge is 2.30. The lowest BCUT2D eigenvalue weighted by Crippen LogP contribution is -2.23. The van der Waals surface area contributed by atoms with Crippen LogP contribution in [0.2, 0.25) is 0 Å². The Bertz CT molecular complexity index is 477. The van der Waals surface area contributed by atoms with Crippen LogP contribution in [0.15, 0.2) is 18.2 Å². The molecule has 0 saturated carbocycles. The van der Waals surface area contributed by atoms with Crippen LogP contribution in [-0.4, -0.2) is 18.4 Å². The van der Waals surface area contributed by atoms with E-state index in [9.17, 15) is 9.59 Å². The maximum Gasteiger partial charge on any atom is 0.320 e. The first-order valence-corrected chi connectivity index (χ1v) is 6.43. The van der Waals surface area contributed by atoms with Gasteiger partial charge in [-0.15, -0.1) is 0 Å². The molecule has 1 aliphatic rings. The lowest BCUT2D eigenvalue weighted by Gasteiger charge is -2.16. The van der Waals surface area contributed by atoms with Gasteiger partial charge in [-0.2, -0.15) is 0 Å². The zero-order valence-electron chi connectivity index (χ0n) is 10.9. The largest absolute Gasteiger partial charge is 0.465 e. The molecule has 0 heterocycles. The van der Waals surface area contributed by atoms with Gasteiger partial charge in [-0.25, -0.2) is 0 Å². The Morgan fingerprint density at radius 3 is 2.78 bits per heavy atom. The summed E-state index contributed by atoms with van der Waals surface area (Å²) in [5, 5.41) is 0. The summed E-state index contributed by atoms with van der Waals surface area (Å²) in [5.74, 6) is -1.32. The van der Waals surface area contributed by atoms with Crippen LogP contribution in [-0.2, 0) is 27.2 Å². The minimum Gasteiger partial charge on any atom is -0.465 e. The summed E-state index contributed by atoms with van der Waals surface area (Å²) in [5.41, 5.74) is 3.28. The third-order valence-electron chi connectivity index (χ3n) is 3.42. The number of ether oxygens (including phenoxy) is 1. The summed E-state index contributed by atoms with van der Waals surface area (Å²) in [7, 11) is 0. The van der Waals surface area contributed by atoms with Crippen molar-refractivity contribution in [1.29, 1.82) is 0 Å². The second kappa shape index (κ2) is 5.34. The van der Waals surface area contributed by atoms with Crippen LogP contribution in [0.4, 0.5) is 0 Å². The van der Waals surface area contributed by atoms with E-state index in [1.54, 1.807) is 6.92 Å². The fourth-order valence-corrected chi connectivity index (χ4v) is 2.66. The van der Waals surface area contributed by atoms with Crippen molar-refractivity contribution >= 4 is 11.8 Å². The van der Waals surface area contributed by atoms with Crippen LogP contribution in [0, 0.1) is 0 Å². The van der Waals surface area contributed by atoms with Gasteiger partial charge in [0.05, 0.1) is 6.61 Å². The predicted octanol–water partition coefficient (Wildman–Crippen LogP) is 2.41. The topological polar surface area (TPSA) is 43.4 Å². The van der Waals surface area contributed by atoms with Gasteiger partial charge in [-0.05, 0) is 49.8 Å². The minimum atomic E-state index is -0.752. The summed E-state index contributed by atoms with van der Waals surface area (Å²) in [4.78, 5) is 23.7. The first-order chi connectivity index (χ1) is 8.65. The summed E-state index contributed by atoms with van der Waals surface area (Å²) in [6.45, 7) is 3.51. The van der Waals surface area contributed by atoms with E-state index in [4.69, 9.17) is 4.74 Å². The Labute approximate surface area is 107 Å². The van der Waals surface area contributed by atoms with Crippen LogP contribution >= 0.6 is 0 Å². The molecule has 1 unspecified atom stereocenters. The highest BCUT2D eigenvalue weighted by atomic mass is 16.5. The van der Waals surface area contributed by atoms with E-state index < -0.39 is 11.9 Å². The van der Waals surface area contributed by atoms with Gasteiger partial charge in [0.1, 0.15) is 11.7 Å². The molecule has 0 N–H and O–H groups in total. The summed E-state index contributed by atoms with van der Waals surface area (Å²) in [6, 6.07) is 5.88. The van der Waals surface area contributed by atoms with Gasteiger partial charge in [0.15, 0.2) is 0 Å². The van der Waals surface area contributed by atoms with Crippen molar-refractivity contribution in [3.8, 4) is 0 Å². The summed E-state index contributed by atoms with van der Waals surface area (Å²) >= 11 is 0. The molecule has 0 aliphatic heterocycles. The van der Waals surface area contributed by atoms with Crippen LogP contribution in [0.3, 0.4) is 0 Å². The third-order valence-corrected chi connectivity index (χ3v) is 3.42. The zero-order valence-corrected chi connectivity index (χ0v) is 10.9. The van der Waals surface area contributed by atoms with Gasteiger partial charge < -0.3 is 4.74 Å². The third kappa shape index (κ3) is 2.30. The van der Waals surface area contributed by atoms with Gasteiger partial charge >= 0.3 is 5.97 Å². The number of rotatable bonds is 4. The molecular formula is C15H18O3. The molecule has 1 atom stereocenters. The summed E-state index contributed by atoms with van der Waals surface area (Å²) < 4.78 is 5.02. The van der Waals surface area contributed by atoms with Gasteiger partial charge in [-0.3, -0.25) is 9.59 Å². The molecule has 1 aromatic rings. The molecule has 0 amide bonds. The molecule has 3 nitrogen and oxygen atoms in total. The van der Waals surface area contributed by atoms with E-state index in [0.29, 0.717) is 6.61 Å². The number of aryl methyl sites for hydroxylation is 1. The Morgan fingerprint density at radius 2 is 2.11 bits per heavy atom. The molecular weight excluding hydrogens is 228 g/mol. The SMILES string of the molecule is CCOC(=O)C(C(C)=O)c1cccc2c1CCC2. The van der Waals surface area contributed by atoms with Crippen molar-refractivity contribution in [2.45, 2.75) is 39.0 Å². The van der Waals surface area contributed by atoms with E-state index in [2.05, 4.69) is 6.07 Å². The van der Waals surface area contributed by atoms with Crippen LogP contribution in [0.5, 0.6) is 0 Å². The number of esters is 1. The van der Waals surface area contributed by atoms with Crippen molar-refractivity contribution < 1.29 is 14.3 Å². The van der Waals surface area contributed by atoms with E-state index >= 15 is 0 Å². The smallest absolute Gasteiger partial charge is 0.320 e. The van der Waals surface area contributed by atoms with Crippen LogP contribution in [0.1, 0.15) is 42.9 Å². The van der Waals surface area contributed by atoms with Crippen molar-refractivity contribution in [1.82, 2.24) is 0 Å². The monoisotopic (exact) mass is 246 g/mol. The number of benzene rings is 1. The molecule has 1 aromatic carbocycles. The molecule has 96 valence electrons. The lowest BCUT2D eigenvalue weighted by molar-refractivity contribution is -0.147. The number of carbonyl (C=O) groups is 2. The second-order valence-corrected chi connectivity index (χ2v) is 4.63. The van der Waals surface area contributed by atoms with Crippen molar-refractivity contribution in [2.24, 2.45) is 0 Å². The molecule has 0 bridgehead atoms.